The highest BCUT2D eigenvalue weighted by atomic mass is 16.5. The fourth-order valence-corrected chi connectivity index (χ4v) is 3.28. The predicted molar refractivity (Wildman–Crippen MR) is 93.2 cm³/mol. The number of hydrogen-bond donors (Lipinski definition) is 3. The minimum absolute atomic E-state index is 0.0337. The standard InChI is InChI=1S/C19H22N2O4/c22-18(17-11-20-10-15(17)13-4-2-1-3-5-13)21-12-16(19(23)24)14-6-8-25-9-7-14/h1-5,10-11,14,16,20H,6-9,12H2,(H,21,22)(H,23,24). The molecule has 132 valence electrons. The second-order valence-corrected chi connectivity index (χ2v) is 6.25. The summed E-state index contributed by atoms with van der Waals surface area (Å²) in [7, 11) is 0. The Morgan fingerprint density at radius 3 is 2.60 bits per heavy atom. The van der Waals surface area contributed by atoms with Crippen molar-refractivity contribution in [3.8, 4) is 11.1 Å². The number of benzene rings is 1. The summed E-state index contributed by atoms with van der Waals surface area (Å²) in [6.07, 6.45) is 4.85. The molecule has 1 aromatic carbocycles. The van der Waals surface area contributed by atoms with Gasteiger partial charge in [-0.1, -0.05) is 30.3 Å². The number of ether oxygens (including phenoxy) is 1. The second kappa shape index (κ2) is 7.98. The van der Waals surface area contributed by atoms with E-state index >= 15 is 0 Å². The van der Waals surface area contributed by atoms with E-state index in [1.807, 2.05) is 30.3 Å². The smallest absolute Gasteiger partial charge is 0.308 e. The van der Waals surface area contributed by atoms with E-state index in [-0.39, 0.29) is 18.4 Å². The molecule has 0 saturated carbocycles. The van der Waals surface area contributed by atoms with Crippen LogP contribution in [-0.2, 0) is 9.53 Å². The van der Waals surface area contributed by atoms with Gasteiger partial charge in [0.2, 0.25) is 0 Å². The van der Waals surface area contributed by atoms with Gasteiger partial charge in [-0.05, 0) is 24.3 Å². The molecule has 2 aromatic rings. The Balaban J connectivity index is 1.68. The van der Waals surface area contributed by atoms with E-state index in [1.165, 1.54) is 0 Å². The van der Waals surface area contributed by atoms with Crippen LogP contribution in [0.5, 0.6) is 0 Å². The number of carbonyl (C=O) groups is 2. The Hall–Kier alpha value is -2.60. The quantitative estimate of drug-likeness (QED) is 0.752. The number of carbonyl (C=O) groups excluding carboxylic acids is 1. The van der Waals surface area contributed by atoms with Crippen molar-refractivity contribution >= 4 is 11.9 Å². The molecule has 3 N–H and O–H groups in total. The Kier molecular flexibility index (Phi) is 5.50. The number of aliphatic carboxylic acids is 1. The maximum Gasteiger partial charge on any atom is 0.308 e. The van der Waals surface area contributed by atoms with E-state index in [9.17, 15) is 14.7 Å². The topological polar surface area (TPSA) is 91.4 Å². The van der Waals surface area contributed by atoms with Gasteiger partial charge in [-0.3, -0.25) is 9.59 Å². The normalized spacial score (nSPS) is 16.3. The molecule has 0 spiro atoms. The summed E-state index contributed by atoms with van der Waals surface area (Å²) < 4.78 is 5.29. The van der Waals surface area contributed by atoms with Crippen molar-refractivity contribution in [2.24, 2.45) is 11.8 Å². The first-order valence-corrected chi connectivity index (χ1v) is 8.47. The summed E-state index contributed by atoms with van der Waals surface area (Å²) in [5, 5.41) is 12.3. The number of H-pyrrole nitrogens is 1. The molecule has 1 saturated heterocycles. The first-order chi connectivity index (χ1) is 12.2. The van der Waals surface area contributed by atoms with Crippen LogP contribution in [0.2, 0.25) is 0 Å². The highest BCUT2D eigenvalue weighted by Gasteiger charge is 2.30. The van der Waals surface area contributed by atoms with Crippen LogP contribution >= 0.6 is 0 Å². The third-order valence-electron chi connectivity index (χ3n) is 4.71. The third-order valence-corrected chi connectivity index (χ3v) is 4.71. The average molecular weight is 342 g/mol. The van der Waals surface area contributed by atoms with Crippen molar-refractivity contribution in [3.05, 3.63) is 48.3 Å². The molecule has 1 aliphatic rings. The lowest BCUT2D eigenvalue weighted by Gasteiger charge is -2.27. The van der Waals surface area contributed by atoms with Crippen LogP contribution < -0.4 is 5.32 Å². The van der Waals surface area contributed by atoms with Gasteiger partial charge in [-0.2, -0.15) is 0 Å². The lowest BCUT2D eigenvalue weighted by atomic mass is 9.86. The van der Waals surface area contributed by atoms with E-state index in [2.05, 4.69) is 10.3 Å². The van der Waals surface area contributed by atoms with Gasteiger partial charge in [-0.25, -0.2) is 0 Å². The summed E-state index contributed by atoms with van der Waals surface area (Å²) in [6.45, 7) is 1.29. The van der Waals surface area contributed by atoms with Crippen molar-refractivity contribution in [2.45, 2.75) is 12.8 Å². The molecule has 6 nitrogen and oxygen atoms in total. The van der Waals surface area contributed by atoms with Gasteiger partial charge in [-0.15, -0.1) is 0 Å². The zero-order valence-electron chi connectivity index (χ0n) is 13.9. The van der Waals surface area contributed by atoms with Gasteiger partial charge >= 0.3 is 5.97 Å². The molecule has 25 heavy (non-hydrogen) atoms. The highest BCUT2D eigenvalue weighted by Crippen LogP contribution is 2.25. The lowest BCUT2D eigenvalue weighted by Crippen LogP contribution is -2.39. The minimum Gasteiger partial charge on any atom is -0.481 e. The van der Waals surface area contributed by atoms with Crippen LogP contribution in [0.15, 0.2) is 42.7 Å². The van der Waals surface area contributed by atoms with Crippen molar-refractivity contribution in [1.82, 2.24) is 10.3 Å². The number of nitrogens with one attached hydrogen (secondary N) is 2. The Morgan fingerprint density at radius 2 is 1.92 bits per heavy atom. The molecule has 0 aliphatic carbocycles. The lowest BCUT2D eigenvalue weighted by molar-refractivity contribution is -0.144. The molecule has 3 rings (SSSR count). The van der Waals surface area contributed by atoms with Crippen molar-refractivity contribution in [1.29, 1.82) is 0 Å². The highest BCUT2D eigenvalue weighted by molar-refractivity contribution is 6.00. The Morgan fingerprint density at radius 1 is 1.20 bits per heavy atom. The van der Waals surface area contributed by atoms with Crippen LogP contribution in [0.1, 0.15) is 23.2 Å². The van der Waals surface area contributed by atoms with Crippen LogP contribution in [0, 0.1) is 11.8 Å². The predicted octanol–water partition coefficient (Wildman–Crippen LogP) is 2.54. The number of carboxylic acids is 1. The van der Waals surface area contributed by atoms with E-state index < -0.39 is 11.9 Å². The maximum atomic E-state index is 12.6. The van der Waals surface area contributed by atoms with Crippen LogP contribution in [0.4, 0.5) is 0 Å². The van der Waals surface area contributed by atoms with Crippen molar-refractivity contribution in [2.75, 3.05) is 19.8 Å². The fraction of sp³-hybridized carbons (Fsp3) is 0.368. The average Bonchev–Trinajstić information content (AvgIpc) is 3.13. The molecule has 2 heterocycles. The SMILES string of the molecule is O=C(NCC(C(=O)O)C1CCOCC1)c1c[nH]cc1-c1ccccc1. The van der Waals surface area contributed by atoms with E-state index in [0.29, 0.717) is 31.6 Å². The number of aromatic amines is 1. The van der Waals surface area contributed by atoms with Crippen LogP contribution in [0.3, 0.4) is 0 Å². The largest absolute Gasteiger partial charge is 0.481 e. The molecule has 1 fully saturated rings. The molecule has 0 bridgehead atoms. The fourth-order valence-electron chi connectivity index (χ4n) is 3.28. The number of carboxylic acid groups (broad SMARTS) is 1. The summed E-state index contributed by atoms with van der Waals surface area (Å²) in [4.78, 5) is 27.1. The zero-order chi connectivity index (χ0) is 17.6. The Bertz CT molecular complexity index is 720. The molecular formula is C19H22N2O4. The summed E-state index contributed by atoms with van der Waals surface area (Å²) in [5.41, 5.74) is 2.26. The first-order valence-electron chi connectivity index (χ1n) is 8.47. The summed E-state index contributed by atoms with van der Waals surface area (Å²) >= 11 is 0. The Labute approximate surface area is 146 Å². The molecule has 0 radical (unpaired) electrons. The van der Waals surface area contributed by atoms with E-state index in [0.717, 1.165) is 11.1 Å². The molecule has 1 unspecified atom stereocenters. The molecule has 1 aromatic heterocycles. The number of rotatable bonds is 6. The zero-order valence-corrected chi connectivity index (χ0v) is 13.9. The van der Waals surface area contributed by atoms with Crippen LogP contribution in [-0.4, -0.2) is 41.7 Å². The first kappa shape index (κ1) is 17.2. The molecule has 1 aliphatic heterocycles. The van der Waals surface area contributed by atoms with Gasteiger partial charge in [0.15, 0.2) is 0 Å². The summed E-state index contributed by atoms with van der Waals surface area (Å²) in [6, 6.07) is 9.61. The van der Waals surface area contributed by atoms with Gasteiger partial charge in [0, 0.05) is 37.7 Å². The number of aromatic nitrogens is 1. The van der Waals surface area contributed by atoms with E-state index in [4.69, 9.17) is 4.74 Å². The summed E-state index contributed by atoms with van der Waals surface area (Å²) in [5.74, 6) is -1.69. The van der Waals surface area contributed by atoms with Gasteiger partial charge in [0.05, 0.1) is 11.5 Å². The monoisotopic (exact) mass is 342 g/mol. The molecule has 6 heteroatoms. The van der Waals surface area contributed by atoms with Gasteiger partial charge in [0.1, 0.15) is 0 Å². The third kappa shape index (κ3) is 4.09. The maximum absolute atomic E-state index is 12.6. The number of hydrogen-bond acceptors (Lipinski definition) is 3. The minimum atomic E-state index is -0.871. The molecule has 1 amide bonds. The van der Waals surface area contributed by atoms with Crippen LogP contribution in [0.25, 0.3) is 11.1 Å². The molecular weight excluding hydrogens is 320 g/mol. The van der Waals surface area contributed by atoms with Crippen molar-refractivity contribution < 1.29 is 19.4 Å². The van der Waals surface area contributed by atoms with Gasteiger partial charge in [0.25, 0.3) is 5.91 Å². The van der Waals surface area contributed by atoms with E-state index in [1.54, 1.807) is 12.4 Å². The molecule has 1 atom stereocenters. The van der Waals surface area contributed by atoms with Gasteiger partial charge < -0.3 is 20.1 Å². The van der Waals surface area contributed by atoms with Crippen molar-refractivity contribution in [3.63, 3.8) is 0 Å². The number of amides is 1. The second-order valence-electron chi connectivity index (χ2n) is 6.25.